The number of nitrogens with one attached hydrogen (secondary N) is 1. The van der Waals surface area contributed by atoms with Crippen LogP contribution in [0.5, 0.6) is 0 Å². The van der Waals surface area contributed by atoms with E-state index in [0.717, 1.165) is 27.5 Å². The summed E-state index contributed by atoms with van der Waals surface area (Å²) < 4.78 is 47.4. The molecule has 0 aliphatic heterocycles. The van der Waals surface area contributed by atoms with Crippen LogP contribution >= 0.6 is 15.9 Å². The number of halogens is 3. The van der Waals surface area contributed by atoms with Crippen LogP contribution in [0.1, 0.15) is 5.56 Å². The molecular weight excluding hydrogens is 404 g/mol. The molecule has 0 saturated carbocycles. The second-order valence-corrected chi connectivity index (χ2v) is 6.37. The van der Waals surface area contributed by atoms with E-state index in [4.69, 9.17) is 11.0 Å². The fraction of sp³-hybridized carbons (Fsp3) is 0. The molecule has 0 spiro atoms. The van der Waals surface area contributed by atoms with Crippen molar-refractivity contribution in [2.75, 3.05) is 5.73 Å². The van der Waals surface area contributed by atoms with Crippen molar-refractivity contribution in [3.63, 3.8) is 0 Å². The van der Waals surface area contributed by atoms with E-state index < -0.39 is 22.7 Å². The molecule has 24 heavy (non-hydrogen) atoms. The molecule has 0 saturated heterocycles. The molecule has 0 amide bonds. The number of rotatable bonds is 1. The number of aromatic nitrogens is 1. The van der Waals surface area contributed by atoms with E-state index >= 15 is 0 Å². The number of nitrogen functional groups attached to an aromatic ring is 1. The number of hydrogen-bond acceptors (Lipinski definition) is 4. The second-order valence-electron chi connectivity index (χ2n) is 4.54. The first-order chi connectivity index (χ1) is 11.3. The average Bonchev–Trinajstić information content (AvgIpc) is 2.94. The molecule has 1 unspecified atom stereocenters. The number of fused-ring (bicyclic) bond motifs is 1. The number of H-pyrrole nitrogens is 1. The van der Waals surface area contributed by atoms with Gasteiger partial charge in [0.1, 0.15) is 17.7 Å². The zero-order valence-corrected chi connectivity index (χ0v) is 14.2. The third-order valence-electron chi connectivity index (χ3n) is 2.99. The average molecular weight is 413 g/mol. The minimum Gasteiger partial charge on any atom is -0.768 e. The van der Waals surface area contributed by atoms with Crippen molar-refractivity contribution in [3.05, 3.63) is 58.2 Å². The lowest BCUT2D eigenvalue weighted by molar-refractivity contribution is 0.538. The molecule has 1 heterocycles. The highest BCUT2D eigenvalue weighted by Gasteiger charge is 2.06. The number of hydrogen-bond donors (Lipinski definition) is 2. The summed E-state index contributed by atoms with van der Waals surface area (Å²) in [6.07, 6.45) is 1.49. The largest absolute Gasteiger partial charge is 0.768 e. The first kappa shape index (κ1) is 18.1. The first-order valence-corrected chi connectivity index (χ1v) is 8.20. The van der Waals surface area contributed by atoms with Crippen LogP contribution in [0.3, 0.4) is 0 Å². The van der Waals surface area contributed by atoms with Crippen molar-refractivity contribution in [1.29, 1.82) is 5.26 Å². The molecule has 3 rings (SSSR count). The zero-order valence-electron chi connectivity index (χ0n) is 11.8. The third-order valence-corrected chi connectivity index (χ3v) is 4.18. The van der Waals surface area contributed by atoms with E-state index in [1.54, 1.807) is 6.07 Å². The summed E-state index contributed by atoms with van der Waals surface area (Å²) in [5, 5.41) is 8.96. The molecule has 3 aromatic rings. The Kier molecular flexibility index (Phi) is 5.66. The van der Waals surface area contributed by atoms with Gasteiger partial charge < -0.3 is 15.3 Å². The normalized spacial score (nSPS) is 11.5. The third kappa shape index (κ3) is 3.97. The lowest BCUT2D eigenvalue weighted by Gasteiger charge is -2.01. The van der Waals surface area contributed by atoms with Gasteiger partial charge in [0.15, 0.2) is 0 Å². The van der Waals surface area contributed by atoms with Gasteiger partial charge in [0.05, 0.1) is 16.1 Å². The van der Waals surface area contributed by atoms with Crippen molar-refractivity contribution < 1.29 is 17.5 Å². The number of nitrogens with two attached hydrogens (primary N) is 1. The summed E-state index contributed by atoms with van der Waals surface area (Å²) in [5.74, 6) is -1.57. The molecule has 0 aliphatic carbocycles. The van der Waals surface area contributed by atoms with Crippen LogP contribution in [-0.2, 0) is 11.1 Å². The van der Waals surface area contributed by atoms with Gasteiger partial charge in [0.2, 0.25) is 0 Å². The number of nitrogens with zero attached hydrogens (tertiary/aromatic N) is 1. The van der Waals surface area contributed by atoms with Crippen LogP contribution in [0.4, 0.5) is 14.5 Å². The molecule has 0 radical (unpaired) electrons. The van der Waals surface area contributed by atoms with Crippen molar-refractivity contribution in [2.24, 2.45) is 0 Å². The lowest BCUT2D eigenvalue weighted by atomic mass is 10.2. The predicted molar refractivity (Wildman–Crippen MR) is 88.7 cm³/mol. The van der Waals surface area contributed by atoms with Gasteiger partial charge in [-0.2, -0.15) is 5.26 Å². The van der Waals surface area contributed by atoms with Gasteiger partial charge >= 0.3 is 0 Å². The molecule has 5 nitrogen and oxygen atoms in total. The van der Waals surface area contributed by atoms with Gasteiger partial charge in [-0.1, -0.05) is 22.0 Å². The van der Waals surface area contributed by atoms with Crippen molar-refractivity contribution >= 4 is 43.6 Å². The Bertz CT molecular complexity index is 969. The van der Waals surface area contributed by atoms with Crippen LogP contribution in [0.2, 0.25) is 0 Å². The highest BCUT2D eigenvalue weighted by molar-refractivity contribution is 9.10. The topological polar surface area (TPSA) is 106 Å². The molecule has 9 heteroatoms. The van der Waals surface area contributed by atoms with E-state index in [1.165, 1.54) is 12.3 Å². The highest BCUT2D eigenvalue weighted by Crippen LogP contribution is 2.23. The lowest BCUT2D eigenvalue weighted by Crippen LogP contribution is -1.94. The molecule has 0 aliphatic rings. The maximum absolute atomic E-state index is 12.6. The van der Waals surface area contributed by atoms with E-state index in [9.17, 15) is 17.5 Å². The molecular formula is C15H9BrF2N3O2S-. The minimum absolute atomic E-state index is 0.290. The van der Waals surface area contributed by atoms with E-state index in [0.29, 0.717) is 4.90 Å². The molecule has 1 atom stereocenters. The molecule has 0 fully saturated rings. The van der Waals surface area contributed by atoms with Gasteiger partial charge in [0.25, 0.3) is 0 Å². The molecule has 2 aromatic carbocycles. The Hall–Kier alpha value is -2.28. The van der Waals surface area contributed by atoms with Gasteiger partial charge in [-0.25, -0.2) is 8.78 Å². The van der Waals surface area contributed by atoms with Gasteiger partial charge in [0, 0.05) is 27.6 Å². The smallest absolute Gasteiger partial charge is 0.147 e. The Labute approximate surface area is 146 Å². The van der Waals surface area contributed by atoms with Gasteiger partial charge in [-0.05, 0) is 29.3 Å². The second kappa shape index (κ2) is 7.53. The van der Waals surface area contributed by atoms with Crippen LogP contribution < -0.4 is 5.73 Å². The first-order valence-electron chi connectivity index (χ1n) is 6.34. The van der Waals surface area contributed by atoms with E-state index in [-0.39, 0.29) is 11.3 Å². The summed E-state index contributed by atoms with van der Waals surface area (Å²) in [6.45, 7) is 0. The molecule has 124 valence electrons. The van der Waals surface area contributed by atoms with Crippen LogP contribution in [-0.4, -0.2) is 13.7 Å². The Balaban J connectivity index is 0.000000177. The fourth-order valence-corrected chi connectivity index (χ4v) is 2.73. The van der Waals surface area contributed by atoms with Crippen LogP contribution in [0, 0.1) is 23.0 Å². The van der Waals surface area contributed by atoms with Crippen molar-refractivity contribution in [3.8, 4) is 6.07 Å². The van der Waals surface area contributed by atoms with E-state index in [1.807, 2.05) is 12.1 Å². The monoisotopic (exact) mass is 412 g/mol. The quantitative estimate of drug-likeness (QED) is 0.470. The standard InChI is InChI=1S/C8H6BrNO2S.C7H4F2N2/c9-5-1-2-6-7(3-5)10-4-8(6)13(11)12;8-5-2-7(11)6(9)1-4(5)3-10/h1-4,10H,(H,11,12);1-2H,11H2/p-1. The fourth-order valence-electron chi connectivity index (χ4n) is 1.86. The molecule has 3 N–H and O–H groups in total. The predicted octanol–water partition coefficient (Wildman–Crippen LogP) is 3.59. The summed E-state index contributed by atoms with van der Waals surface area (Å²) >= 11 is 1.13. The van der Waals surface area contributed by atoms with E-state index in [2.05, 4.69) is 20.9 Å². The SMILES string of the molecule is N#Cc1cc(F)c(N)cc1F.O=S([O-])c1c[nH]c2cc(Br)ccc12. The summed E-state index contributed by atoms with van der Waals surface area (Å²) in [5.41, 5.74) is 5.21. The highest BCUT2D eigenvalue weighted by atomic mass is 79.9. The van der Waals surface area contributed by atoms with Crippen molar-refractivity contribution in [1.82, 2.24) is 4.98 Å². The number of nitriles is 1. The maximum Gasteiger partial charge on any atom is 0.147 e. The molecule has 0 bridgehead atoms. The zero-order chi connectivity index (χ0) is 17.9. The summed E-state index contributed by atoms with van der Waals surface area (Å²) in [7, 11) is 0. The number of aromatic amines is 1. The minimum atomic E-state index is -2.18. The Morgan fingerprint density at radius 3 is 2.58 bits per heavy atom. The van der Waals surface area contributed by atoms with Crippen molar-refractivity contribution in [2.45, 2.75) is 4.90 Å². The summed E-state index contributed by atoms with van der Waals surface area (Å²) in [4.78, 5) is 3.20. The van der Waals surface area contributed by atoms with Crippen LogP contribution in [0.25, 0.3) is 10.9 Å². The van der Waals surface area contributed by atoms with Crippen LogP contribution in [0.15, 0.2) is 45.9 Å². The maximum atomic E-state index is 12.6. The molecule has 1 aromatic heterocycles. The van der Waals surface area contributed by atoms with Gasteiger partial charge in [-0.15, -0.1) is 0 Å². The number of benzene rings is 2. The Morgan fingerprint density at radius 2 is 1.96 bits per heavy atom. The number of anilines is 1. The van der Waals surface area contributed by atoms with Gasteiger partial charge in [-0.3, -0.25) is 4.21 Å². The Morgan fingerprint density at radius 1 is 1.25 bits per heavy atom. The summed E-state index contributed by atoms with van der Waals surface area (Å²) in [6, 6.07) is 8.46.